The van der Waals surface area contributed by atoms with Gasteiger partial charge in [-0.3, -0.25) is 0 Å². The van der Waals surface area contributed by atoms with Gasteiger partial charge in [0, 0.05) is 6.07 Å². The van der Waals surface area contributed by atoms with Gasteiger partial charge in [0.2, 0.25) is 0 Å². The zero-order valence-corrected chi connectivity index (χ0v) is 6.96. The number of carbonyl (C=O) groups excluding carboxylic acids is 1. The highest BCUT2D eigenvalue weighted by Gasteiger charge is 2.17. The molecule has 1 heterocycles. The van der Waals surface area contributed by atoms with Crippen LogP contribution in [0.1, 0.15) is 23.2 Å². The van der Waals surface area contributed by atoms with Crippen molar-refractivity contribution in [2.45, 2.75) is 13.8 Å². The van der Waals surface area contributed by atoms with Crippen LogP contribution in [0.5, 0.6) is 5.75 Å². The topological polar surface area (TPSA) is 59.7 Å². The number of furan rings is 1. The van der Waals surface area contributed by atoms with Crippen molar-refractivity contribution in [3.8, 4) is 5.75 Å². The molecule has 1 aromatic heterocycles. The second-order valence-electron chi connectivity index (χ2n) is 2.29. The summed E-state index contributed by atoms with van der Waals surface area (Å²) >= 11 is 0. The molecule has 0 unspecified atom stereocenters. The van der Waals surface area contributed by atoms with Crippen LogP contribution in [0.25, 0.3) is 0 Å². The van der Waals surface area contributed by atoms with E-state index in [1.165, 1.54) is 6.07 Å². The standard InChI is InChI=1S/C8H10O4/c1-3-11-8(10)7-6(9)4-5(2)12-7/h4,9H,3H2,1-2H3. The van der Waals surface area contributed by atoms with E-state index in [9.17, 15) is 4.79 Å². The minimum Gasteiger partial charge on any atom is -0.504 e. The smallest absolute Gasteiger partial charge is 0.378 e. The van der Waals surface area contributed by atoms with E-state index < -0.39 is 5.97 Å². The lowest BCUT2D eigenvalue weighted by molar-refractivity contribution is 0.0484. The number of hydrogen-bond acceptors (Lipinski definition) is 4. The molecule has 1 rings (SSSR count). The van der Waals surface area contributed by atoms with E-state index in [0.29, 0.717) is 5.76 Å². The van der Waals surface area contributed by atoms with Gasteiger partial charge in [-0.2, -0.15) is 0 Å². The summed E-state index contributed by atoms with van der Waals surface area (Å²) in [6.45, 7) is 3.59. The molecule has 0 amide bonds. The first-order valence-electron chi connectivity index (χ1n) is 3.61. The molecule has 66 valence electrons. The number of aryl methyl sites for hydroxylation is 1. The summed E-state index contributed by atoms with van der Waals surface area (Å²) in [7, 11) is 0. The SMILES string of the molecule is CCOC(=O)c1oc(C)cc1O. The normalized spacial score (nSPS) is 9.83. The van der Waals surface area contributed by atoms with Crippen LogP contribution < -0.4 is 0 Å². The molecule has 0 aliphatic heterocycles. The zero-order valence-electron chi connectivity index (χ0n) is 6.96. The summed E-state index contributed by atoms with van der Waals surface area (Å²) in [5.41, 5.74) is 0. The van der Waals surface area contributed by atoms with Crippen LogP contribution in [-0.2, 0) is 4.74 Å². The highest BCUT2D eigenvalue weighted by atomic mass is 16.5. The number of carbonyl (C=O) groups is 1. The maximum absolute atomic E-state index is 11.0. The maximum atomic E-state index is 11.0. The molecule has 1 aromatic rings. The summed E-state index contributed by atoms with van der Waals surface area (Å²) in [4.78, 5) is 11.0. The molecule has 0 spiro atoms. The van der Waals surface area contributed by atoms with Crippen LogP contribution >= 0.6 is 0 Å². The Morgan fingerprint density at radius 1 is 1.75 bits per heavy atom. The predicted molar refractivity (Wildman–Crippen MR) is 41.1 cm³/mol. The molecule has 4 heteroatoms. The van der Waals surface area contributed by atoms with Gasteiger partial charge in [0.05, 0.1) is 6.61 Å². The summed E-state index contributed by atoms with van der Waals surface area (Å²) in [6, 6.07) is 1.37. The molecule has 0 atom stereocenters. The Bertz CT molecular complexity index is 287. The van der Waals surface area contributed by atoms with E-state index in [1.54, 1.807) is 13.8 Å². The van der Waals surface area contributed by atoms with Crippen molar-refractivity contribution in [2.24, 2.45) is 0 Å². The number of esters is 1. The average Bonchev–Trinajstić information content (AvgIpc) is 2.30. The molecule has 0 bridgehead atoms. The molecule has 0 aliphatic carbocycles. The molecule has 1 N–H and O–H groups in total. The van der Waals surface area contributed by atoms with Crippen LogP contribution in [0.4, 0.5) is 0 Å². The number of rotatable bonds is 2. The van der Waals surface area contributed by atoms with Crippen molar-refractivity contribution >= 4 is 5.97 Å². The van der Waals surface area contributed by atoms with Gasteiger partial charge < -0.3 is 14.3 Å². The quantitative estimate of drug-likeness (QED) is 0.683. The number of hydrogen-bond donors (Lipinski definition) is 1. The van der Waals surface area contributed by atoms with Gasteiger partial charge in [0.1, 0.15) is 5.76 Å². The van der Waals surface area contributed by atoms with Gasteiger partial charge in [-0.05, 0) is 13.8 Å². The Hall–Kier alpha value is -1.45. The molecule has 12 heavy (non-hydrogen) atoms. The molecule has 0 aromatic carbocycles. The first kappa shape index (κ1) is 8.64. The van der Waals surface area contributed by atoms with Crippen molar-refractivity contribution in [1.29, 1.82) is 0 Å². The van der Waals surface area contributed by atoms with Crippen molar-refractivity contribution in [3.63, 3.8) is 0 Å². The average molecular weight is 170 g/mol. The summed E-state index contributed by atoms with van der Waals surface area (Å²) < 4.78 is 9.53. The summed E-state index contributed by atoms with van der Waals surface area (Å²) in [6.07, 6.45) is 0. The van der Waals surface area contributed by atoms with Gasteiger partial charge in [0.25, 0.3) is 5.76 Å². The van der Waals surface area contributed by atoms with E-state index in [2.05, 4.69) is 4.74 Å². The molecule has 4 nitrogen and oxygen atoms in total. The van der Waals surface area contributed by atoms with Crippen LogP contribution in [0.2, 0.25) is 0 Å². The number of ether oxygens (including phenoxy) is 1. The highest BCUT2D eigenvalue weighted by Crippen LogP contribution is 2.21. The first-order valence-corrected chi connectivity index (χ1v) is 3.61. The van der Waals surface area contributed by atoms with Crippen LogP contribution in [0, 0.1) is 6.92 Å². The number of aromatic hydroxyl groups is 1. The Labute approximate surface area is 69.8 Å². The fraction of sp³-hybridized carbons (Fsp3) is 0.375. The van der Waals surface area contributed by atoms with Crippen molar-refractivity contribution in [2.75, 3.05) is 6.61 Å². The molecule has 0 aliphatic rings. The predicted octanol–water partition coefficient (Wildman–Crippen LogP) is 1.47. The Morgan fingerprint density at radius 3 is 2.83 bits per heavy atom. The monoisotopic (exact) mass is 170 g/mol. The lowest BCUT2D eigenvalue weighted by Gasteiger charge is -1.97. The van der Waals surface area contributed by atoms with E-state index in [0.717, 1.165) is 0 Å². The summed E-state index contributed by atoms with van der Waals surface area (Å²) in [5, 5.41) is 9.13. The van der Waals surface area contributed by atoms with E-state index in [1.807, 2.05) is 0 Å². The third kappa shape index (κ3) is 1.58. The van der Waals surface area contributed by atoms with Crippen molar-refractivity contribution in [3.05, 3.63) is 17.6 Å². The third-order valence-electron chi connectivity index (χ3n) is 1.30. The molecule has 0 radical (unpaired) electrons. The fourth-order valence-electron chi connectivity index (χ4n) is 0.844. The van der Waals surface area contributed by atoms with E-state index in [4.69, 9.17) is 9.52 Å². The van der Waals surface area contributed by atoms with Gasteiger partial charge in [-0.15, -0.1) is 0 Å². The molecule has 0 fully saturated rings. The molecular formula is C8H10O4. The molecule has 0 saturated carbocycles. The van der Waals surface area contributed by atoms with Gasteiger partial charge in [-0.25, -0.2) is 4.79 Å². The van der Waals surface area contributed by atoms with Crippen molar-refractivity contribution < 1.29 is 19.1 Å². The summed E-state index contributed by atoms with van der Waals surface area (Å²) in [5.74, 6) is -0.459. The molecular weight excluding hydrogens is 160 g/mol. The Balaban J connectivity index is 2.87. The van der Waals surface area contributed by atoms with Gasteiger partial charge in [0.15, 0.2) is 5.75 Å². The second-order valence-corrected chi connectivity index (χ2v) is 2.29. The largest absolute Gasteiger partial charge is 0.504 e. The molecule has 0 saturated heterocycles. The fourth-order valence-corrected chi connectivity index (χ4v) is 0.844. The van der Waals surface area contributed by atoms with Crippen LogP contribution in [-0.4, -0.2) is 17.7 Å². The Kier molecular flexibility index (Phi) is 2.38. The van der Waals surface area contributed by atoms with Gasteiger partial charge in [-0.1, -0.05) is 0 Å². The van der Waals surface area contributed by atoms with Gasteiger partial charge >= 0.3 is 5.97 Å². The maximum Gasteiger partial charge on any atom is 0.378 e. The Morgan fingerprint density at radius 2 is 2.42 bits per heavy atom. The van der Waals surface area contributed by atoms with E-state index >= 15 is 0 Å². The highest BCUT2D eigenvalue weighted by molar-refractivity contribution is 5.89. The lowest BCUT2D eigenvalue weighted by atomic mass is 10.4. The van der Waals surface area contributed by atoms with Crippen LogP contribution in [0.15, 0.2) is 10.5 Å². The van der Waals surface area contributed by atoms with E-state index in [-0.39, 0.29) is 18.1 Å². The second kappa shape index (κ2) is 3.30. The first-order chi connectivity index (χ1) is 5.65. The zero-order chi connectivity index (χ0) is 9.14. The minimum atomic E-state index is -0.636. The lowest BCUT2D eigenvalue weighted by Crippen LogP contribution is -2.02. The van der Waals surface area contributed by atoms with Crippen LogP contribution in [0.3, 0.4) is 0 Å². The third-order valence-corrected chi connectivity index (χ3v) is 1.30. The van der Waals surface area contributed by atoms with Crippen molar-refractivity contribution in [1.82, 2.24) is 0 Å². The minimum absolute atomic E-state index is 0.130.